The Morgan fingerprint density at radius 1 is 0.963 bits per heavy atom. The number of ether oxygens (including phenoxy) is 1. The van der Waals surface area contributed by atoms with Crippen LogP contribution in [0.15, 0.2) is 53.0 Å². The molecule has 136 valence electrons. The minimum Gasteiger partial charge on any atom is -0.407 e. The third kappa shape index (κ3) is 2.64. The van der Waals surface area contributed by atoms with Gasteiger partial charge in [0.15, 0.2) is 0 Å². The van der Waals surface area contributed by atoms with Crippen molar-refractivity contribution in [2.45, 2.75) is 11.7 Å². The highest BCUT2D eigenvalue weighted by Crippen LogP contribution is 2.40. The molecule has 1 unspecified atom stereocenters. The smallest absolute Gasteiger partial charge is 0.401 e. The molecule has 2 aromatic carbocycles. The molecule has 0 radical (unpaired) electrons. The number of fused-ring (bicyclic) bond motifs is 2. The van der Waals surface area contributed by atoms with E-state index in [1.54, 1.807) is 42.5 Å². The Morgan fingerprint density at radius 2 is 1.63 bits per heavy atom. The second-order valence-corrected chi connectivity index (χ2v) is 7.36. The van der Waals surface area contributed by atoms with Gasteiger partial charge in [0.2, 0.25) is 0 Å². The van der Waals surface area contributed by atoms with Gasteiger partial charge in [0.1, 0.15) is 0 Å². The summed E-state index contributed by atoms with van der Waals surface area (Å²) in [6, 6.07) is 13.4. The number of rotatable bonds is 2. The normalized spacial score (nSPS) is 21.7. The van der Waals surface area contributed by atoms with Crippen molar-refractivity contribution in [3.63, 3.8) is 0 Å². The molecule has 1 fully saturated rings. The van der Waals surface area contributed by atoms with E-state index in [1.165, 1.54) is 11.0 Å². The molecule has 0 aromatic heterocycles. The molecule has 0 bridgehead atoms. The second kappa shape index (κ2) is 6.17. The van der Waals surface area contributed by atoms with Gasteiger partial charge in [-0.25, -0.2) is 9.69 Å². The van der Waals surface area contributed by atoms with Crippen molar-refractivity contribution in [2.75, 3.05) is 4.90 Å². The summed E-state index contributed by atoms with van der Waals surface area (Å²) in [6.45, 7) is 0.0600. The topological polar surface area (TPSA) is 84.0 Å². The number of halogens is 2. The van der Waals surface area contributed by atoms with Crippen molar-refractivity contribution in [1.29, 1.82) is 0 Å². The number of anilines is 1. The van der Waals surface area contributed by atoms with Crippen LogP contribution in [0, 0.1) is 0 Å². The summed E-state index contributed by atoms with van der Waals surface area (Å²) >= 11 is 9.57. The van der Waals surface area contributed by atoms with Crippen LogP contribution in [0.1, 0.15) is 15.9 Å². The Bertz CT molecular complexity index is 1010. The molecular formula is C18H10BrClN2O5. The van der Waals surface area contributed by atoms with E-state index >= 15 is 0 Å². The molecule has 9 heteroatoms. The lowest BCUT2D eigenvalue weighted by atomic mass is 10.1. The molecule has 2 aromatic rings. The summed E-state index contributed by atoms with van der Waals surface area (Å²) in [4.78, 5) is 51.5. The van der Waals surface area contributed by atoms with Gasteiger partial charge < -0.3 is 9.64 Å². The molecule has 0 saturated carbocycles. The van der Waals surface area contributed by atoms with Gasteiger partial charge in [0.25, 0.3) is 5.91 Å². The highest BCUT2D eigenvalue weighted by molar-refractivity contribution is 9.10. The van der Waals surface area contributed by atoms with Crippen LogP contribution in [0.25, 0.3) is 0 Å². The van der Waals surface area contributed by atoms with Crippen LogP contribution in [0.2, 0.25) is 0 Å². The molecule has 2 heterocycles. The first-order valence-corrected chi connectivity index (χ1v) is 8.96. The van der Waals surface area contributed by atoms with Crippen LogP contribution in [0.5, 0.6) is 0 Å². The third-order valence-corrected chi connectivity index (χ3v) is 5.22. The standard InChI is InChI=1S/C18H10BrClN2O5/c19-11-7-5-10(6-8-11)9-21-13-4-2-1-3-12(13)14(23)22-15(24)16(25)27-18(22,20)17(21)26/h1-8H,9H2. The second-order valence-electron chi connectivity index (χ2n) is 5.93. The number of carbonyl (C=O) groups is 4. The molecule has 4 rings (SSSR count). The van der Waals surface area contributed by atoms with E-state index in [9.17, 15) is 19.2 Å². The minimum atomic E-state index is -2.54. The van der Waals surface area contributed by atoms with Gasteiger partial charge in [0.05, 0.1) is 17.8 Å². The summed E-state index contributed by atoms with van der Waals surface area (Å²) in [5.41, 5.74) is 1.09. The number of alkyl halides is 1. The van der Waals surface area contributed by atoms with E-state index in [4.69, 9.17) is 16.3 Å². The quantitative estimate of drug-likeness (QED) is 0.231. The molecule has 3 amide bonds. The molecule has 27 heavy (non-hydrogen) atoms. The number of esters is 1. The van der Waals surface area contributed by atoms with Crippen LogP contribution in [-0.2, 0) is 25.7 Å². The number of hydrogen-bond donors (Lipinski definition) is 0. The number of amides is 3. The average molecular weight is 450 g/mol. The van der Waals surface area contributed by atoms with Crippen LogP contribution in [0.4, 0.5) is 5.69 Å². The monoisotopic (exact) mass is 448 g/mol. The maximum absolute atomic E-state index is 13.2. The van der Waals surface area contributed by atoms with E-state index in [-0.39, 0.29) is 17.8 Å². The molecule has 1 atom stereocenters. The molecule has 1 saturated heterocycles. The summed E-state index contributed by atoms with van der Waals surface area (Å²) in [6.07, 6.45) is 0. The van der Waals surface area contributed by atoms with Gasteiger partial charge in [0, 0.05) is 4.47 Å². The summed E-state index contributed by atoms with van der Waals surface area (Å²) in [7, 11) is 0. The van der Waals surface area contributed by atoms with Crippen molar-refractivity contribution in [3.8, 4) is 0 Å². The number of hydrogen-bond acceptors (Lipinski definition) is 5. The number of imide groups is 1. The first-order chi connectivity index (χ1) is 12.8. The maximum Gasteiger partial charge on any atom is 0.401 e. The predicted octanol–water partition coefficient (Wildman–Crippen LogP) is 2.41. The Morgan fingerprint density at radius 3 is 2.33 bits per heavy atom. The van der Waals surface area contributed by atoms with E-state index in [0.29, 0.717) is 4.90 Å². The summed E-state index contributed by atoms with van der Waals surface area (Å²) in [5, 5.41) is -2.54. The van der Waals surface area contributed by atoms with Gasteiger partial charge >= 0.3 is 23.0 Å². The molecular weight excluding hydrogens is 440 g/mol. The molecule has 2 aliphatic rings. The highest BCUT2D eigenvalue weighted by atomic mass is 79.9. The van der Waals surface area contributed by atoms with Gasteiger partial charge in [-0.2, -0.15) is 0 Å². The van der Waals surface area contributed by atoms with E-state index < -0.39 is 28.9 Å². The summed E-state index contributed by atoms with van der Waals surface area (Å²) in [5.74, 6) is -4.40. The fourth-order valence-electron chi connectivity index (χ4n) is 3.01. The van der Waals surface area contributed by atoms with Crippen LogP contribution in [-0.4, -0.2) is 33.8 Å². The third-order valence-electron chi connectivity index (χ3n) is 4.28. The predicted molar refractivity (Wildman–Crippen MR) is 97.6 cm³/mol. The van der Waals surface area contributed by atoms with Gasteiger partial charge in [-0.15, -0.1) is 0 Å². The van der Waals surface area contributed by atoms with E-state index in [2.05, 4.69) is 15.9 Å². The van der Waals surface area contributed by atoms with Crippen molar-refractivity contribution in [2.24, 2.45) is 0 Å². The number of benzene rings is 2. The maximum atomic E-state index is 13.2. The van der Waals surface area contributed by atoms with Crippen LogP contribution >= 0.6 is 27.5 Å². The zero-order valence-electron chi connectivity index (χ0n) is 13.5. The lowest BCUT2D eigenvalue weighted by molar-refractivity contribution is -0.154. The Labute approximate surface area is 166 Å². The number of para-hydroxylation sites is 1. The lowest BCUT2D eigenvalue weighted by Gasteiger charge is -2.29. The zero-order chi connectivity index (χ0) is 19.3. The first kappa shape index (κ1) is 17.7. The minimum absolute atomic E-state index is 0.0600. The summed E-state index contributed by atoms with van der Waals surface area (Å²) < 4.78 is 5.69. The molecule has 0 spiro atoms. The van der Waals surface area contributed by atoms with E-state index in [1.807, 2.05) is 0 Å². The fraction of sp³-hybridized carbons (Fsp3) is 0.111. The SMILES string of the molecule is O=C1OC2(Cl)C(=O)N(Cc3ccc(Br)cc3)c3ccccc3C(=O)N2C1=O. The van der Waals surface area contributed by atoms with Crippen molar-refractivity contribution in [1.82, 2.24) is 4.90 Å². The largest absolute Gasteiger partial charge is 0.407 e. The Kier molecular flexibility index (Phi) is 4.05. The zero-order valence-corrected chi connectivity index (χ0v) is 15.9. The van der Waals surface area contributed by atoms with Crippen molar-refractivity contribution >= 4 is 56.9 Å². The first-order valence-electron chi connectivity index (χ1n) is 7.79. The van der Waals surface area contributed by atoms with Crippen LogP contribution in [0.3, 0.4) is 0 Å². The van der Waals surface area contributed by atoms with Gasteiger partial charge in [-0.3, -0.25) is 14.4 Å². The van der Waals surface area contributed by atoms with Gasteiger partial charge in [-0.1, -0.05) is 40.2 Å². The van der Waals surface area contributed by atoms with Crippen LogP contribution < -0.4 is 4.90 Å². The van der Waals surface area contributed by atoms with E-state index in [0.717, 1.165) is 10.0 Å². The molecule has 7 nitrogen and oxygen atoms in total. The number of carbonyl (C=O) groups excluding carboxylic acids is 4. The molecule has 0 aliphatic carbocycles. The van der Waals surface area contributed by atoms with Crippen molar-refractivity contribution < 1.29 is 23.9 Å². The Hall–Kier alpha value is -2.71. The number of nitrogens with zero attached hydrogens (tertiary/aromatic N) is 2. The van der Waals surface area contributed by atoms with Gasteiger partial charge in [-0.05, 0) is 41.4 Å². The highest BCUT2D eigenvalue weighted by Gasteiger charge is 2.63. The fourth-order valence-corrected chi connectivity index (χ4v) is 3.60. The van der Waals surface area contributed by atoms with Crippen molar-refractivity contribution in [3.05, 3.63) is 64.1 Å². The molecule has 2 aliphatic heterocycles. The molecule has 0 N–H and O–H groups in total. The Balaban J connectivity index is 1.87. The average Bonchev–Trinajstić information content (AvgIpc) is 2.86. The lowest BCUT2D eigenvalue weighted by Crippen LogP contribution is -2.54.